The standard InChI is InChI=1S/C13H17NO6S/c1-3-13(17)7-14(8-13)21(18,19)11-5-4-9(12(15)16)6-10(11)20-2/h4-6,17H,3,7-8H2,1-2H3,(H,15,16). The zero-order valence-corrected chi connectivity index (χ0v) is 12.6. The Kier molecular flexibility index (Phi) is 3.96. The second-order valence-corrected chi connectivity index (χ2v) is 6.93. The fourth-order valence-electron chi connectivity index (χ4n) is 2.16. The first-order valence-corrected chi connectivity index (χ1v) is 7.81. The van der Waals surface area contributed by atoms with Crippen LogP contribution in [0.4, 0.5) is 0 Å². The summed E-state index contributed by atoms with van der Waals surface area (Å²) < 4.78 is 31.1. The van der Waals surface area contributed by atoms with Gasteiger partial charge in [-0.1, -0.05) is 6.92 Å². The molecule has 0 amide bonds. The summed E-state index contributed by atoms with van der Waals surface area (Å²) in [5.74, 6) is -1.19. The minimum atomic E-state index is -3.81. The van der Waals surface area contributed by atoms with Crippen LogP contribution < -0.4 is 4.74 Å². The third-order valence-corrected chi connectivity index (χ3v) is 5.46. The number of β-amino-alcohol motifs (C(OH)–C–C–N with tert-alkyl or cyclic N) is 1. The second-order valence-electron chi connectivity index (χ2n) is 5.02. The summed E-state index contributed by atoms with van der Waals surface area (Å²) in [6, 6.07) is 3.59. The molecule has 2 rings (SSSR count). The van der Waals surface area contributed by atoms with Gasteiger partial charge in [0.15, 0.2) is 0 Å². The third-order valence-electron chi connectivity index (χ3n) is 3.63. The molecule has 0 saturated carbocycles. The molecule has 0 atom stereocenters. The first-order valence-electron chi connectivity index (χ1n) is 6.37. The smallest absolute Gasteiger partial charge is 0.335 e. The first kappa shape index (κ1) is 15.7. The lowest BCUT2D eigenvalue weighted by Crippen LogP contribution is -2.62. The van der Waals surface area contributed by atoms with Crippen molar-refractivity contribution in [1.82, 2.24) is 4.31 Å². The number of carboxylic acids is 1. The van der Waals surface area contributed by atoms with E-state index in [0.717, 1.165) is 4.31 Å². The maximum atomic E-state index is 12.5. The van der Waals surface area contributed by atoms with Crippen molar-refractivity contribution < 1.29 is 28.2 Å². The molecule has 1 aliphatic heterocycles. The average molecular weight is 315 g/mol. The molecule has 1 aromatic carbocycles. The van der Waals surface area contributed by atoms with Crippen molar-refractivity contribution in [2.75, 3.05) is 20.2 Å². The molecule has 1 fully saturated rings. The minimum absolute atomic E-state index is 0.0235. The molecule has 0 aliphatic carbocycles. The zero-order chi connectivity index (χ0) is 15.8. The highest BCUT2D eigenvalue weighted by molar-refractivity contribution is 7.89. The predicted molar refractivity (Wildman–Crippen MR) is 74.0 cm³/mol. The van der Waals surface area contributed by atoms with E-state index in [1.807, 2.05) is 0 Å². The van der Waals surface area contributed by atoms with Crippen molar-refractivity contribution >= 4 is 16.0 Å². The van der Waals surface area contributed by atoms with E-state index in [2.05, 4.69) is 0 Å². The van der Waals surface area contributed by atoms with E-state index in [4.69, 9.17) is 9.84 Å². The molecule has 116 valence electrons. The highest BCUT2D eigenvalue weighted by atomic mass is 32.2. The van der Waals surface area contributed by atoms with Crippen LogP contribution in [0, 0.1) is 0 Å². The van der Waals surface area contributed by atoms with E-state index in [0.29, 0.717) is 6.42 Å². The zero-order valence-electron chi connectivity index (χ0n) is 11.7. The molecular formula is C13H17NO6S. The minimum Gasteiger partial charge on any atom is -0.495 e. The Morgan fingerprint density at radius 1 is 1.43 bits per heavy atom. The van der Waals surface area contributed by atoms with Gasteiger partial charge in [-0.05, 0) is 24.6 Å². The van der Waals surface area contributed by atoms with Gasteiger partial charge in [0.25, 0.3) is 0 Å². The maximum Gasteiger partial charge on any atom is 0.335 e. The van der Waals surface area contributed by atoms with Gasteiger partial charge in [0, 0.05) is 13.1 Å². The van der Waals surface area contributed by atoms with Crippen LogP contribution in [0.2, 0.25) is 0 Å². The fraction of sp³-hybridized carbons (Fsp3) is 0.462. The summed E-state index contributed by atoms with van der Waals surface area (Å²) >= 11 is 0. The Labute approximate surface area is 122 Å². The molecule has 21 heavy (non-hydrogen) atoms. The number of aromatic carboxylic acids is 1. The van der Waals surface area contributed by atoms with E-state index in [1.165, 1.54) is 25.3 Å². The van der Waals surface area contributed by atoms with Gasteiger partial charge in [-0.3, -0.25) is 0 Å². The molecule has 1 aromatic rings. The third kappa shape index (κ3) is 2.74. The summed E-state index contributed by atoms with van der Waals surface area (Å²) in [6.45, 7) is 1.83. The Morgan fingerprint density at radius 2 is 2.05 bits per heavy atom. The van der Waals surface area contributed by atoms with Gasteiger partial charge < -0.3 is 14.9 Å². The van der Waals surface area contributed by atoms with Crippen LogP contribution in [0.3, 0.4) is 0 Å². The van der Waals surface area contributed by atoms with Crippen LogP contribution in [-0.4, -0.2) is 54.7 Å². The number of ether oxygens (including phenoxy) is 1. The quantitative estimate of drug-likeness (QED) is 0.822. The molecule has 0 bridgehead atoms. The lowest BCUT2D eigenvalue weighted by Gasteiger charge is -2.44. The topological polar surface area (TPSA) is 104 Å². The van der Waals surface area contributed by atoms with Crippen LogP contribution in [0.5, 0.6) is 5.75 Å². The number of methoxy groups -OCH3 is 1. The lowest BCUT2D eigenvalue weighted by molar-refractivity contribution is -0.0613. The Balaban J connectivity index is 2.35. The molecule has 0 spiro atoms. The highest BCUT2D eigenvalue weighted by Crippen LogP contribution is 2.34. The second kappa shape index (κ2) is 5.28. The Morgan fingerprint density at radius 3 is 2.52 bits per heavy atom. The molecule has 1 saturated heterocycles. The fourth-order valence-corrected chi connectivity index (χ4v) is 3.89. The van der Waals surface area contributed by atoms with Crippen LogP contribution >= 0.6 is 0 Å². The summed E-state index contributed by atoms with van der Waals surface area (Å²) in [7, 11) is -2.54. The molecular weight excluding hydrogens is 298 g/mol. The number of carboxylic acid groups (broad SMARTS) is 1. The van der Waals surface area contributed by atoms with Crippen LogP contribution in [0.15, 0.2) is 23.1 Å². The van der Waals surface area contributed by atoms with Crippen molar-refractivity contribution in [3.63, 3.8) is 0 Å². The number of hydrogen-bond acceptors (Lipinski definition) is 5. The Hall–Kier alpha value is -1.64. The van der Waals surface area contributed by atoms with Crippen LogP contribution in [-0.2, 0) is 10.0 Å². The summed E-state index contributed by atoms with van der Waals surface area (Å²) in [5.41, 5.74) is -1.04. The number of hydrogen-bond donors (Lipinski definition) is 2. The van der Waals surface area contributed by atoms with E-state index in [1.54, 1.807) is 6.92 Å². The van der Waals surface area contributed by atoms with Crippen molar-refractivity contribution in [2.24, 2.45) is 0 Å². The predicted octanol–water partition coefficient (Wildman–Crippen LogP) is 0.539. The molecule has 0 radical (unpaired) electrons. The van der Waals surface area contributed by atoms with E-state index < -0.39 is 21.6 Å². The largest absolute Gasteiger partial charge is 0.495 e. The van der Waals surface area contributed by atoms with E-state index in [-0.39, 0.29) is 29.3 Å². The average Bonchev–Trinajstić information content (AvgIpc) is 2.42. The molecule has 1 heterocycles. The number of carbonyl (C=O) groups is 1. The molecule has 0 aromatic heterocycles. The van der Waals surface area contributed by atoms with Crippen molar-refractivity contribution in [2.45, 2.75) is 23.8 Å². The number of sulfonamides is 1. The van der Waals surface area contributed by atoms with Gasteiger partial charge in [0.1, 0.15) is 10.6 Å². The van der Waals surface area contributed by atoms with Crippen LogP contribution in [0.25, 0.3) is 0 Å². The summed E-state index contributed by atoms with van der Waals surface area (Å²) in [6.07, 6.45) is 0.466. The molecule has 2 N–H and O–H groups in total. The molecule has 0 unspecified atom stereocenters. The number of aliphatic hydroxyl groups is 1. The van der Waals surface area contributed by atoms with E-state index in [9.17, 15) is 18.3 Å². The van der Waals surface area contributed by atoms with Gasteiger partial charge >= 0.3 is 5.97 Å². The molecule has 1 aliphatic rings. The first-order chi connectivity index (χ1) is 9.73. The lowest BCUT2D eigenvalue weighted by atomic mass is 9.94. The van der Waals surface area contributed by atoms with Crippen molar-refractivity contribution in [1.29, 1.82) is 0 Å². The Bertz CT molecular complexity index is 663. The van der Waals surface area contributed by atoms with Gasteiger partial charge in [0.05, 0.1) is 18.3 Å². The van der Waals surface area contributed by atoms with Gasteiger partial charge in [-0.25, -0.2) is 13.2 Å². The van der Waals surface area contributed by atoms with Crippen molar-refractivity contribution in [3.8, 4) is 5.75 Å². The van der Waals surface area contributed by atoms with Gasteiger partial charge in [-0.2, -0.15) is 4.31 Å². The number of benzene rings is 1. The molecule has 7 nitrogen and oxygen atoms in total. The van der Waals surface area contributed by atoms with Gasteiger partial charge in [0.2, 0.25) is 10.0 Å². The SMILES string of the molecule is CCC1(O)CN(S(=O)(=O)c2ccc(C(=O)O)cc2OC)C1. The summed E-state index contributed by atoms with van der Waals surface area (Å²) in [4.78, 5) is 10.8. The molecule has 8 heteroatoms. The monoisotopic (exact) mass is 315 g/mol. The van der Waals surface area contributed by atoms with E-state index >= 15 is 0 Å². The number of nitrogens with zero attached hydrogens (tertiary/aromatic N) is 1. The summed E-state index contributed by atoms with van der Waals surface area (Å²) in [5, 5.41) is 18.8. The van der Waals surface area contributed by atoms with Crippen LogP contribution in [0.1, 0.15) is 23.7 Å². The van der Waals surface area contributed by atoms with Crippen molar-refractivity contribution in [3.05, 3.63) is 23.8 Å². The maximum absolute atomic E-state index is 12.5. The normalized spacial score (nSPS) is 18.0. The van der Waals surface area contributed by atoms with Gasteiger partial charge in [-0.15, -0.1) is 0 Å². The number of rotatable bonds is 5. The highest BCUT2D eigenvalue weighted by Gasteiger charge is 2.46.